The average molecular weight is 383 g/mol. The molecule has 0 unspecified atom stereocenters. The molecule has 0 spiro atoms. The van der Waals surface area contributed by atoms with Gasteiger partial charge in [-0.1, -0.05) is 19.1 Å². The number of hydrogen-bond donors (Lipinski definition) is 2. The Hall–Kier alpha value is -2.67. The van der Waals surface area contributed by atoms with Gasteiger partial charge in [0, 0.05) is 37.2 Å². The number of rotatable bonds is 4. The van der Waals surface area contributed by atoms with E-state index in [1.54, 1.807) is 4.90 Å². The number of nitrogens with zero attached hydrogens (tertiary/aromatic N) is 3. The number of carbonyl (C=O) groups excluding carboxylic acids is 1. The molecule has 7 nitrogen and oxygen atoms in total. The van der Waals surface area contributed by atoms with Crippen molar-refractivity contribution in [3.8, 4) is 5.69 Å². The second-order valence-electron chi connectivity index (χ2n) is 7.69. The summed E-state index contributed by atoms with van der Waals surface area (Å²) in [5, 5.41) is 23.9. The number of fused-ring (bicyclic) bond motifs is 1. The summed E-state index contributed by atoms with van der Waals surface area (Å²) in [7, 11) is 0. The van der Waals surface area contributed by atoms with Gasteiger partial charge in [-0.05, 0) is 43.4 Å². The summed E-state index contributed by atoms with van der Waals surface area (Å²) in [6.07, 6.45) is 3.77. The molecule has 2 aromatic rings. The summed E-state index contributed by atoms with van der Waals surface area (Å²) in [5.41, 5.74) is 3.03. The summed E-state index contributed by atoms with van der Waals surface area (Å²) >= 11 is 0. The Morgan fingerprint density at radius 2 is 1.82 bits per heavy atom. The molecule has 1 aromatic heterocycles. The Labute approximate surface area is 163 Å². The minimum atomic E-state index is -1.74. The molecule has 1 saturated heterocycles. The van der Waals surface area contributed by atoms with Gasteiger partial charge in [0.25, 0.3) is 5.91 Å². The van der Waals surface area contributed by atoms with Gasteiger partial charge in [0.1, 0.15) is 0 Å². The molecule has 28 heavy (non-hydrogen) atoms. The number of aliphatic carboxylic acids is 1. The van der Waals surface area contributed by atoms with Crippen LogP contribution in [0.5, 0.6) is 0 Å². The Balaban J connectivity index is 1.60. The van der Waals surface area contributed by atoms with E-state index in [1.165, 1.54) is 5.56 Å². The highest BCUT2D eigenvalue weighted by Gasteiger charge is 2.41. The quantitative estimate of drug-likeness (QED) is 0.842. The number of likely N-dealkylation sites (tertiary alicyclic amines) is 1. The molecule has 4 rings (SSSR count). The highest BCUT2D eigenvalue weighted by Crippen LogP contribution is 2.30. The second kappa shape index (κ2) is 7.05. The van der Waals surface area contributed by atoms with Gasteiger partial charge in [-0.15, -0.1) is 0 Å². The number of aromatic nitrogens is 2. The van der Waals surface area contributed by atoms with Crippen LogP contribution in [0.1, 0.15) is 53.5 Å². The number of carboxylic acids is 1. The van der Waals surface area contributed by atoms with E-state index in [9.17, 15) is 14.7 Å². The summed E-state index contributed by atoms with van der Waals surface area (Å²) < 4.78 is 1.88. The fourth-order valence-electron chi connectivity index (χ4n) is 4.14. The van der Waals surface area contributed by atoms with Crippen molar-refractivity contribution >= 4 is 11.9 Å². The van der Waals surface area contributed by atoms with Crippen LogP contribution in [0.2, 0.25) is 0 Å². The van der Waals surface area contributed by atoms with Crippen LogP contribution < -0.4 is 0 Å². The van der Waals surface area contributed by atoms with Gasteiger partial charge in [-0.25, -0.2) is 9.48 Å². The summed E-state index contributed by atoms with van der Waals surface area (Å²) in [5.74, 6) is -1.39. The fourth-order valence-corrected chi connectivity index (χ4v) is 4.14. The molecule has 1 fully saturated rings. The van der Waals surface area contributed by atoms with Crippen LogP contribution in [-0.2, 0) is 24.1 Å². The highest BCUT2D eigenvalue weighted by molar-refractivity contribution is 5.94. The van der Waals surface area contributed by atoms with Gasteiger partial charge in [0.15, 0.2) is 11.3 Å². The molecule has 0 saturated carbocycles. The Morgan fingerprint density at radius 1 is 1.14 bits per heavy atom. The fraction of sp³-hybridized carbons (Fsp3) is 0.476. The molecule has 1 aliphatic heterocycles. The van der Waals surface area contributed by atoms with Gasteiger partial charge in [-0.2, -0.15) is 5.10 Å². The molecule has 2 N–H and O–H groups in total. The molecular weight excluding hydrogens is 358 g/mol. The molecular formula is C21H25N3O4. The van der Waals surface area contributed by atoms with Crippen molar-refractivity contribution in [2.45, 2.75) is 51.0 Å². The maximum atomic E-state index is 13.1. The van der Waals surface area contributed by atoms with E-state index in [2.05, 4.69) is 24.2 Å². The molecule has 1 aliphatic carbocycles. The van der Waals surface area contributed by atoms with Crippen molar-refractivity contribution in [3.63, 3.8) is 0 Å². The highest BCUT2D eigenvalue weighted by atomic mass is 16.4. The predicted molar refractivity (Wildman–Crippen MR) is 103 cm³/mol. The van der Waals surface area contributed by atoms with Gasteiger partial charge in [0.2, 0.25) is 0 Å². The van der Waals surface area contributed by atoms with Gasteiger partial charge >= 0.3 is 5.97 Å². The van der Waals surface area contributed by atoms with E-state index >= 15 is 0 Å². The summed E-state index contributed by atoms with van der Waals surface area (Å²) in [4.78, 5) is 25.9. The lowest BCUT2D eigenvalue weighted by molar-refractivity contribution is -0.162. The minimum Gasteiger partial charge on any atom is -0.479 e. The third-order valence-electron chi connectivity index (χ3n) is 6.00. The molecule has 0 atom stereocenters. The van der Waals surface area contributed by atoms with Crippen LogP contribution in [0.4, 0.5) is 0 Å². The van der Waals surface area contributed by atoms with Crippen LogP contribution in [-0.4, -0.2) is 55.5 Å². The Bertz CT molecular complexity index is 908. The van der Waals surface area contributed by atoms with E-state index in [0.29, 0.717) is 5.69 Å². The molecule has 2 aliphatic rings. The minimum absolute atomic E-state index is 0.0372. The summed E-state index contributed by atoms with van der Waals surface area (Å²) in [6.45, 7) is 2.55. The molecule has 1 amide bonds. The molecule has 2 heterocycles. The number of amides is 1. The van der Waals surface area contributed by atoms with Crippen molar-refractivity contribution in [2.24, 2.45) is 0 Å². The zero-order valence-corrected chi connectivity index (χ0v) is 16.0. The lowest BCUT2D eigenvalue weighted by Crippen LogP contribution is -2.51. The molecule has 0 radical (unpaired) electrons. The first-order chi connectivity index (χ1) is 13.4. The Kier molecular flexibility index (Phi) is 4.71. The molecule has 148 valence electrons. The van der Waals surface area contributed by atoms with E-state index < -0.39 is 11.6 Å². The van der Waals surface area contributed by atoms with Crippen LogP contribution in [0.15, 0.2) is 24.3 Å². The van der Waals surface area contributed by atoms with E-state index in [0.717, 1.165) is 42.6 Å². The van der Waals surface area contributed by atoms with E-state index in [1.807, 2.05) is 16.8 Å². The Morgan fingerprint density at radius 3 is 2.43 bits per heavy atom. The van der Waals surface area contributed by atoms with Crippen LogP contribution in [0, 0.1) is 0 Å². The molecule has 1 aromatic carbocycles. The van der Waals surface area contributed by atoms with Crippen LogP contribution >= 0.6 is 0 Å². The van der Waals surface area contributed by atoms with Crippen LogP contribution in [0.3, 0.4) is 0 Å². The topological polar surface area (TPSA) is 95.7 Å². The zero-order valence-electron chi connectivity index (χ0n) is 16.0. The lowest BCUT2D eigenvalue weighted by atomic mass is 9.91. The van der Waals surface area contributed by atoms with E-state index in [4.69, 9.17) is 5.11 Å². The lowest BCUT2D eigenvalue weighted by Gasteiger charge is -2.35. The monoisotopic (exact) mass is 383 g/mol. The number of aryl methyl sites for hydroxylation is 1. The molecule has 0 bridgehead atoms. The normalized spacial score (nSPS) is 18.1. The second-order valence-corrected chi connectivity index (χ2v) is 7.69. The number of aliphatic hydroxyl groups is 1. The van der Waals surface area contributed by atoms with Gasteiger partial charge < -0.3 is 15.1 Å². The first-order valence-corrected chi connectivity index (χ1v) is 9.88. The number of hydrogen-bond acceptors (Lipinski definition) is 4. The summed E-state index contributed by atoms with van der Waals surface area (Å²) in [6, 6.07) is 8.23. The van der Waals surface area contributed by atoms with Crippen molar-refractivity contribution < 1.29 is 19.8 Å². The van der Waals surface area contributed by atoms with Gasteiger partial charge in [0.05, 0.1) is 5.69 Å². The molecule has 7 heteroatoms. The largest absolute Gasteiger partial charge is 0.479 e. The number of carboxylic acid groups (broad SMARTS) is 1. The third-order valence-corrected chi connectivity index (χ3v) is 6.00. The predicted octanol–water partition coefficient (Wildman–Crippen LogP) is 1.98. The maximum Gasteiger partial charge on any atom is 0.335 e. The van der Waals surface area contributed by atoms with Crippen molar-refractivity contribution in [1.29, 1.82) is 0 Å². The zero-order chi connectivity index (χ0) is 19.9. The number of benzene rings is 1. The smallest absolute Gasteiger partial charge is 0.335 e. The number of carbonyl (C=O) groups is 2. The van der Waals surface area contributed by atoms with Crippen molar-refractivity contribution in [3.05, 3.63) is 46.8 Å². The average Bonchev–Trinajstić information content (AvgIpc) is 3.31. The maximum absolute atomic E-state index is 13.1. The standard InChI is InChI=1S/C21H25N3O4/c1-2-14-6-8-15(9-7-14)24-17-5-3-4-16(17)18(22-24)19(25)23-12-10-21(28,11-13-23)20(26)27/h6-9,28H,2-5,10-13H2,1H3,(H,26,27). The first-order valence-electron chi connectivity index (χ1n) is 9.88. The SMILES string of the molecule is CCc1ccc(-n2nc(C(=O)N3CCC(O)(C(=O)O)CC3)c3c2CCC3)cc1. The van der Waals surface area contributed by atoms with E-state index in [-0.39, 0.29) is 31.8 Å². The third kappa shape index (κ3) is 3.09. The van der Waals surface area contributed by atoms with Gasteiger partial charge in [-0.3, -0.25) is 4.79 Å². The van der Waals surface area contributed by atoms with Crippen molar-refractivity contribution in [1.82, 2.24) is 14.7 Å². The first kappa shape index (κ1) is 18.7. The van der Waals surface area contributed by atoms with Crippen molar-refractivity contribution in [2.75, 3.05) is 13.1 Å². The number of piperidine rings is 1. The van der Waals surface area contributed by atoms with Crippen LogP contribution in [0.25, 0.3) is 5.69 Å².